The zero-order valence-electron chi connectivity index (χ0n) is 16.3. The van der Waals surface area contributed by atoms with Gasteiger partial charge in [0.05, 0.1) is 12.6 Å². The van der Waals surface area contributed by atoms with Crippen molar-refractivity contribution in [3.63, 3.8) is 0 Å². The van der Waals surface area contributed by atoms with E-state index in [9.17, 15) is 4.79 Å². The molecule has 1 atom stereocenters. The van der Waals surface area contributed by atoms with Gasteiger partial charge >= 0.3 is 0 Å². The molecule has 0 spiro atoms. The van der Waals surface area contributed by atoms with Gasteiger partial charge in [-0.2, -0.15) is 0 Å². The molecule has 0 radical (unpaired) electrons. The number of nitrogens with one attached hydrogen (secondary N) is 1. The molecule has 2 aromatic carbocycles. The Morgan fingerprint density at radius 2 is 1.82 bits per heavy atom. The number of rotatable bonds is 8. The Balaban J connectivity index is 1.27. The topological polar surface area (TPSA) is 61.8 Å². The fraction of sp³-hybridized carbons (Fsp3) is 0.435. The molecular weight excluding hydrogens is 352 g/mol. The number of anilines is 1. The second kappa shape index (κ2) is 8.23. The fourth-order valence-electron chi connectivity index (χ4n) is 3.58. The largest absolute Gasteiger partial charge is 0.493 e. The van der Waals surface area contributed by atoms with Crippen LogP contribution >= 0.6 is 0 Å². The highest BCUT2D eigenvalue weighted by atomic mass is 16.5. The van der Waals surface area contributed by atoms with Crippen LogP contribution in [0.1, 0.15) is 42.9 Å². The molecule has 1 amide bonds. The maximum absolute atomic E-state index is 11.3. The average molecular weight is 380 g/mol. The van der Waals surface area contributed by atoms with Gasteiger partial charge < -0.3 is 20.1 Å². The molecule has 2 N–H and O–H groups in total. The Kier molecular flexibility index (Phi) is 5.53. The lowest BCUT2D eigenvalue weighted by molar-refractivity contribution is -0.124. The zero-order chi connectivity index (χ0) is 19.5. The van der Waals surface area contributed by atoms with Gasteiger partial charge in [0.1, 0.15) is 12.4 Å². The Morgan fingerprint density at radius 1 is 1.14 bits per heavy atom. The molecule has 1 saturated carbocycles. The van der Waals surface area contributed by atoms with E-state index in [0.29, 0.717) is 5.92 Å². The molecule has 2 fully saturated rings. The van der Waals surface area contributed by atoms with Crippen molar-refractivity contribution in [2.45, 2.75) is 31.7 Å². The minimum Gasteiger partial charge on any atom is -0.493 e. The second-order valence-corrected chi connectivity index (χ2v) is 7.96. The Morgan fingerprint density at radius 3 is 2.43 bits per heavy atom. The van der Waals surface area contributed by atoms with E-state index in [4.69, 9.17) is 9.84 Å². The summed E-state index contributed by atoms with van der Waals surface area (Å²) < 4.78 is 5.81. The Bertz CT molecular complexity index is 794. The summed E-state index contributed by atoms with van der Waals surface area (Å²) in [6, 6.07) is 16.7. The van der Waals surface area contributed by atoms with Crippen molar-refractivity contribution in [2.75, 3.05) is 31.2 Å². The normalized spacial score (nSPS) is 17.7. The van der Waals surface area contributed by atoms with Crippen LogP contribution in [-0.2, 0) is 4.79 Å². The van der Waals surface area contributed by atoms with Gasteiger partial charge in [0.25, 0.3) is 0 Å². The van der Waals surface area contributed by atoms with E-state index in [0.717, 1.165) is 36.9 Å². The van der Waals surface area contributed by atoms with E-state index in [1.165, 1.54) is 24.1 Å². The molecule has 0 unspecified atom stereocenters. The Hall–Kier alpha value is -2.53. The maximum Gasteiger partial charge on any atom is 0.246 e. The van der Waals surface area contributed by atoms with Gasteiger partial charge in [-0.25, -0.2) is 0 Å². The minimum atomic E-state index is -0.478. The minimum absolute atomic E-state index is 0.104. The van der Waals surface area contributed by atoms with E-state index >= 15 is 0 Å². The summed E-state index contributed by atoms with van der Waals surface area (Å²) in [5.74, 6) is 1.92. The van der Waals surface area contributed by atoms with Crippen molar-refractivity contribution in [2.24, 2.45) is 5.92 Å². The van der Waals surface area contributed by atoms with Crippen LogP contribution in [0.4, 0.5) is 5.69 Å². The predicted octanol–water partition coefficient (Wildman–Crippen LogP) is 3.25. The van der Waals surface area contributed by atoms with Crippen molar-refractivity contribution >= 4 is 11.6 Å². The zero-order valence-corrected chi connectivity index (χ0v) is 16.3. The summed E-state index contributed by atoms with van der Waals surface area (Å²) in [4.78, 5) is 13.7. The molecule has 5 nitrogen and oxygen atoms in total. The van der Waals surface area contributed by atoms with Gasteiger partial charge in [-0.15, -0.1) is 0 Å². The first-order chi connectivity index (χ1) is 13.6. The van der Waals surface area contributed by atoms with Crippen LogP contribution in [0.3, 0.4) is 0 Å². The van der Waals surface area contributed by atoms with E-state index in [-0.39, 0.29) is 11.9 Å². The summed E-state index contributed by atoms with van der Waals surface area (Å²) in [5, 5.41) is 11.6. The van der Waals surface area contributed by atoms with Crippen LogP contribution < -0.4 is 15.0 Å². The summed E-state index contributed by atoms with van der Waals surface area (Å²) in [5.41, 5.74) is 3.61. The fourth-order valence-corrected chi connectivity index (χ4v) is 3.58. The van der Waals surface area contributed by atoms with Crippen molar-refractivity contribution < 1.29 is 14.6 Å². The molecule has 1 saturated heterocycles. The number of carbonyl (C=O) groups excluding carboxylic acids is 1. The van der Waals surface area contributed by atoms with Crippen LogP contribution in [0, 0.1) is 5.92 Å². The van der Waals surface area contributed by atoms with Crippen molar-refractivity contribution in [1.82, 2.24) is 5.32 Å². The quantitative estimate of drug-likeness (QED) is 0.738. The molecule has 1 aliphatic carbocycles. The lowest BCUT2D eigenvalue weighted by atomic mass is 9.90. The average Bonchev–Trinajstić information content (AvgIpc) is 3.51. The summed E-state index contributed by atoms with van der Waals surface area (Å²) >= 11 is 0. The first kappa shape index (κ1) is 18.8. The van der Waals surface area contributed by atoms with Crippen molar-refractivity contribution in [3.05, 3.63) is 59.7 Å². The Labute approximate surface area is 166 Å². The lowest BCUT2D eigenvalue weighted by Gasteiger charge is -2.41. The smallest absolute Gasteiger partial charge is 0.246 e. The van der Waals surface area contributed by atoms with Gasteiger partial charge in [-0.05, 0) is 61.1 Å². The highest BCUT2D eigenvalue weighted by Crippen LogP contribution is 2.33. The number of ether oxygens (including phenoxy) is 1. The molecule has 0 aromatic heterocycles. The molecule has 2 aromatic rings. The van der Waals surface area contributed by atoms with Crippen LogP contribution in [0.5, 0.6) is 5.75 Å². The number of aliphatic hydroxyl groups excluding tert-OH is 1. The first-order valence-corrected chi connectivity index (χ1v) is 10.1. The number of benzene rings is 2. The third kappa shape index (κ3) is 4.47. The highest BCUT2D eigenvalue weighted by Gasteiger charge is 2.28. The molecule has 148 valence electrons. The standard InChI is InChI=1S/C23H28N2O3/c1-16(24-23(27)14-26)18-4-6-19(7-5-18)20-12-25(13-20)21-8-10-22(11-9-21)28-15-17-2-3-17/h4-11,16-17,20,26H,2-3,12-15H2,1H3,(H,24,27)/t16-/m0/s1. The van der Waals surface area contributed by atoms with Gasteiger partial charge in [0, 0.05) is 24.7 Å². The van der Waals surface area contributed by atoms with Crippen LogP contribution in [0.15, 0.2) is 48.5 Å². The molecule has 5 heteroatoms. The number of nitrogens with zero attached hydrogens (tertiary/aromatic N) is 1. The van der Waals surface area contributed by atoms with Crippen LogP contribution in [-0.4, -0.2) is 37.3 Å². The predicted molar refractivity (Wildman–Crippen MR) is 110 cm³/mol. The van der Waals surface area contributed by atoms with E-state index in [2.05, 4.69) is 58.7 Å². The van der Waals surface area contributed by atoms with Crippen molar-refractivity contribution in [3.8, 4) is 5.75 Å². The molecule has 1 heterocycles. The second-order valence-electron chi connectivity index (χ2n) is 7.96. The molecule has 2 aliphatic rings. The number of carbonyl (C=O) groups is 1. The van der Waals surface area contributed by atoms with Gasteiger partial charge in [-0.3, -0.25) is 4.79 Å². The number of hydrogen-bond donors (Lipinski definition) is 2. The SMILES string of the molecule is C[C@H](NC(=O)CO)c1ccc(C2CN(c3ccc(OCC4CC4)cc3)C2)cc1. The number of hydrogen-bond acceptors (Lipinski definition) is 4. The summed E-state index contributed by atoms with van der Waals surface area (Å²) in [7, 11) is 0. The van der Waals surface area contributed by atoms with Crippen LogP contribution in [0.25, 0.3) is 0 Å². The lowest BCUT2D eigenvalue weighted by Crippen LogP contribution is -2.45. The van der Waals surface area contributed by atoms with E-state index in [1.807, 2.05) is 6.92 Å². The molecular formula is C23H28N2O3. The van der Waals surface area contributed by atoms with E-state index < -0.39 is 6.61 Å². The third-order valence-corrected chi connectivity index (χ3v) is 5.70. The van der Waals surface area contributed by atoms with Crippen molar-refractivity contribution in [1.29, 1.82) is 0 Å². The summed E-state index contributed by atoms with van der Waals surface area (Å²) in [6.07, 6.45) is 2.62. The number of aliphatic hydroxyl groups is 1. The van der Waals surface area contributed by atoms with Gasteiger partial charge in [0.2, 0.25) is 5.91 Å². The molecule has 1 aliphatic heterocycles. The third-order valence-electron chi connectivity index (χ3n) is 5.70. The highest BCUT2D eigenvalue weighted by molar-refractivity contribution is 5.77. The first-order valence-electron chi connectivity index (χ1n) is 10.1. The number of amides is 1. The van der Waals surface area contributed by atoms with E-state index in [1.54, 1.807) is 0 Å². The molecule has 28 heavy (non-hydrogen) atoms. The van der Waals surface area contributed by atoms with Crippen LogP contribution in [0.2, 0.25) is 0 Å². The van der Waals surface area contributed by atoms with Gasteiger partial charge in [0.15, 0.2) is 0 Å². The van der Waals surface area contributed by atoms with Gasteiger partial charge in [-0.1, -0.05) is 24.3 Å². The molecule has 4 rings (SSSR count). The molecule has 0 bridgehead atoms. The monoisotopic (exact) mass is 380 g/mol. The maximum atomic E-state index is 11.3. The summed E-state index contributed by atoms with van der Waals surface area (Å²) in [6.45, 7) is 4.32.